The normalized spacial score (nSPS) is 10.3. The van der Waals surface area contributed by atoms with Gasteiger partial charge in [0.15, 0.2) is 6.29 Å². The first-order valence-electron chi connectivity index (χ1n) is 4.69. The summed E-state index contributed by atoms with van der Waals surface area (Å²) in [5, 5.41) is 0.906. The zero-order valence-corrected chi connectivity index (χ0v) is 9.47. The Hall–Kier alpha value is -1.48. The van der Waals surface area contributed by atoms with Crippen LogP contribution < -0.4 is 0 Å². The first-order valence-corrected chi connectivity index (χ1v) is 5.50. The number of carbonyl (C=O) groups excluding carboxylic acids is 1. The van der Waals surface area contributed by atoms with Crippen LogP contribution in [0.15, 0.2) is 24.4 Å². The summed E-state index contributed by atoms with van der Waals surface area (Å²) in [6.45, 7) is 4.12. The molecule has 0 bridgehead atoms. The molecular weight excluding hydrogens is 206 g/mol. The SMILES string of the molecule is Cc1cc(C)cc(-c2ncc(C=O)s2)c1. The number of thiazole rings is 1. The highest BCUT2D eigenvalue weighted by atomic mass is 32.1. The quantitative estimate of drug-likeness (QED) is 0.723. The van der Waals surface area contributed by atoms with Crippen molar-refractivity contribution in [3.8, 4) is 10.6 Å². The Kier molecular flexibility index (Phi) is 2.64. The lowest BCUT2D eigenvalue weighted by molar-refractivity contribution is 0.112. The fraction of sp³-hybridized carbons (Fsp3) is 0.167. The van der Waals surface area contributed by atoms with E-state index in [2.05, 4.69) is 37.0 Å². The molecule has 0 spiro atoms. The maximum atomic E-state index is 10.6. The van der Waals surface area contributed by atoms with Crippen molar-refractivity contribution < 1.29 is 4.79 Å². The van der Waals surface area contributed by atoms with Gasteiger partial charge >= 0.3 is 0 Å². The Morgan fingerprint density at radius 1 is 1.20 bits per heavy atom. The van der Waals surface area contributed by atoms with Crippen LogP contribution in [-0.4, -0.2) is 11.3 Å². The lowest BCUT2D eigenvalue weighted by Gasteiger charge is -2.00. The van der Waals surface area contributed by atoms with E-state index in [9.17, 15) is 4.79 Å². The summed E-state index contributed by atoms with van der Waals surface area (Å²) in [7, 11) is 0. The van der Waals surface area contributed by atoms with Crippen LogP contribution in [-0.2, 0) is 0 Å². The third-order valence-corrected chi connectivity index (χ3v) is 3.08. The van der Waals surface area contributed by atoms with Crippen LogP contribution in [0.5, 0.6) is 0 Å². The number of hydrogen-bond acceptors (Lipinski definition) is 3. The zero-order chi connectivity index (χ0) is 10.8. The van der Waals surface area contributed by atoms with Gasteiger partial charge in [0.25, 0.3) is 0 Å². The van der Waals surface area contributed by atoms with E-state index >= 15 is 0 Å². The predicted octanol–water partition coefficient (Wildman–Crippen LogP) is 3.24. The summed E-state index contributed by atoms with van der Waals surface area (Å²) in [6.07, 6.45) is 2.45. The smallest absolute Gasteiger partial charge is 0.161 e. The largest absolute Gasteiger partial charge is 0.297 e. The minimum absolute atomic E-state index is 0.671. The summed E-state index contributed by atoms with van der Waals surface area (Å²) in [5.74, 6) is 0. The number of carbonyl (C=O) groups is 1. The zero-order valence-electron chi connectivity index (χ0n) is 8.65. The molecule has 3 heteroatoms. The molecule has 0 aliphatic rings. The average molecular weight is 217 g/mol. The van der Waals surface area contributed by atoms with Crippen molar-refractivity contribution in [1.29, 1.82) is 0 Å². The third kappa shape index (κ3) is 2.13. The van der Waals surface area contributed by atoms with Crippen LogP contribution in [0.3, 0.4) is 0 Å². The lowest BCUT2D eigenvalue weighted by Crippen LogP contribution is -1.81. The molecule has 0 N–H and O–H groups in total. The Labute approximate surface area is 92.6 Å². The van der Waals surface area contributed by atoms with Crippen LogP contribution in [0.2, 0.25) is 0 Å². The van der Waals surface area contributed by atoms with E-state index in [0.29, 0.717) is 4.88 Å². The second kappa shape index (κ2) is 3.95. The Balaban J connectivity index is 2.48. The molecular formula is C12H11NOS. The van der Waals surface area contributed by atoms with Gasteiger partial charge in [-0.25, -0.2) is 4.98 Å². The molecule has 0 unspecified atom stereocenters. The maximum absolute atomic E-state index is 10.6. The average Bonchev–Trinajstić information content (AvgIpc) is 2.64. The molecule has 0 amide bonds. The van der Waals surface area contributed by atoms with Gasteiger partial charge < -0.3 is 0 Å². The van der Waals surface area contributed by atoms with Crippen molar-refractivity contribution in [2.45, 2.75) is 13.8 Å². The van der Waals surface area contributed by atoms with Crippen molar-refractivity contribution in [2.24, 2.45) is 0 Å². The number of hydrogen-bond donors (Lipinski definition) is 0. The van der Waals surface area contributed by atoms with E-state index in [4.69, 9.17) is 0 Å². The van der Waals surface area contributed by atoms with Gasteiger partial charge in [0, 0.05) is 11.8 Å². The minimum Gasteiger partial charge on any atom is -0.297 e. The van der Waals surface area contributed by atoms with Crippen LogP contribution in [0, 0.1) is 13.8 Å². The first kappa shape index (κ1) is 10.1. The van der Waals surface area contributed by atoms with Gasteiger partial charge in [-0.2, -0.15) is 0 Å². The van der Waals surface area contributed by atoms with E-state index < -0.39 is 0 Å². The van der Waals surface area contributed by atoms with Crippen LogP contribution in [0.4, 0.5) is 0 Å². The van der Waals surface area contributed by atoms with E-state index in [1.54, 1.807) is 6.20 Å². The molecule has 0 aliphatic heterocycles. The number of aldehydes is 1. The van der Waals surface area contributed by atoms with Gasteiger partial charge in [0.1, 0.15) is 5.01 Å². The van der Waals surface area contributed by atoms with E-state index in [1.807, 2.05) is 0 Å². The molecule has 76 valence electrons. The molecule has 1 aromatic carbocycles. The number of benzene rings is 1. The van der Waals surface area contributed by atoms with E-state index in [-0.39, 0.29) is 0 Å². The molecule has 0 aliphatic carbocycles. The van der Waals surface area contributed by atoms with Crippen molar-refractivity contribution in [2.75, 3.05) is 0 Å². The van der Waals surface area contributed by atoms with Crippen molar-refractivity contribution in [1.82, 2.24) is 4.98 Å². The maximum Gasteiger partial charge on any atom is 0.161 e. The van der Waals surface area contributed by atoms with Crippen molar-refractivity contribution >= 4 is 17.6 Å². The monoisotopic (exact) mass is 217 g/mol. The molecule has 0 saturated carbocycles. The predicted molar refractivity (Wildman–Crippen MR) is 62.4 cm³/mol. The Morgan fingerprint density at radius 3 is 2.40 bits per heavy atom. The van der Waals surface area contributed by atoms with E-state index in [1.165, 1.54) is 22.5 Å². The number of nitrogens with zero attached hydrogens (tertiary/aromatic N) is 1. The summed E-state index contributed by atoms with van der Waals surface area (Å²) in [6, 6.07) is 6.29. The van der Waals surface area contributed by atoms with Crippen molar-refractivity contribution in [3.63, 3.8) is 0 Å². The first-order chi connectivity index (χ1) is 7.19. The van der Waals surface area contributed by atoms with E-state index in [0.717, 1.165) is 16.9 Å². The minimum atomic E-state index is 0.671. The van der Waals surface area contributed by atoms with Gasteiger partial charge in [-0.15, -0.1) is 11.3 Å². The molecule has 0 atom stereocenters. The Bertz CT molecular complexity index is 482. The number of aryl methyl sites for hydroxylation is 2. The standard InChI is InChI=1S/C12H11NOS/c1-8-3-9(2)5-10(4-8)12-13-6-11(7-14)15-12/h3-7H,1-2H3. The Morgan fingerprint density at radius 2 is 1.87 bits per heavy atom. The summed E-state index contributed by atoms with van der Waals surface area (Å²) >= 11 is 1.42. The summed E-state index contributed by atoms with van der Waals surface area (Å²) < 4.78 is 0. The number of rotatable bonds is 2. The van der Waals surface area contributed by atoms with Gasteiger partial charge in [-0.3, -0.25) is 4.79 Å². The van der Waals surface area contributed by atoms with Gasteiger partial charge in [-0.1, -0.05) is 17.2 Å². The molecule has 0 fully saturated rings. The molecule has 1 heterocycles. The highest BCUT2D eigenvalue weighted by molar-refractivity contribution is 7.16. The summed E-state index contributed by atoms with van der Waals surface area (Å²) in [4.78, 5) is 15.5. The van der Waals surface area contributed by atoms with Gasteiger partial charge in [0.05, 0.1) is 4.88 Å². The van der Waals surface area contributed by atoms with Gasteiger partial charge in [0.2, 0.25) is 0 Å². The highest BCUT2D eigenvalue weighted by Gasteiger charge is 2.04. The molecule has 0 radical (unpaired) electrons. The molecule has 2 nitrogen and oxygen atoms in total. The summed E-state index contributed by atoms with van der Waals surface area (Å²) in [5.41, 5.74) is 3.52. The third-order valence-electron chi connectivity index (χ3n) is 2.11. The molecule has 0 saturated heterocycles. The molecule has 2 rings (SSSR count). The van der Waals surface area contributed by atoms with Crippen molar-refractivity contribution in [3.05, 3.63) is 40.4 Å². The highest BCUT2D eigenvalue weighted by Crippen LogP contribution is 2.25. The lowest BCUT2D eigenvalue weighted by atomic mass is 10.1. The second-order valence-corrected chi connectivity index (χ2v) is 4.62. The van der Waals surface area contributed by atoms with Gasteiger partial charge in [-0.05, 0) is 26.0 Å². The topological polar surface area (TPSA) is 30.0 Å². The fourth-order valence-electron chi connectivity index (χ4n) is 1.57. The number of aromatic nitrogens is 1. The molecule has 1 aromatic heterocycles. The van der Waals surface area contributed by atoms with Crippen LogP contribution >= 0.6 is 11.3 Å². The van der Waals surface area contributed by atoms with Crippen LogP contribution in [0.25, 0.3) is 10.6 Å². The second-order valence-electron chi connectivity index (χ2n) is 3.56. The van der Waals surface area contributed by atoms with Crippen LogP contribution in [0.1, 0.15) is 20.8 Å². The fourth-order valence-corrected chi connectivity index (χ4v) is 2.29. The molecule has 2 aromatic rings. The molecule has 15 heavy (non-hydrogen) atoms.